The molecule has 3 N–H and O–H groups in total. The zero-order valence-corrected chi connectivity index (χ0v) is 14.3. The molecule has 0 aliphatic heterocycles. The molecule has 0 aromatic heterocycles. The van der Waals surface area contributed by atoms with Crippen molar-refractivity contribution in [1.82, 2.24) is 10.6 Å². The third kappa shape index (κ3) is 5.51. The van der Waals surface area contributed by atoms with Crippen LogP contribution in [-0.2, 0) is 19.6 Å². The summed E-state index contributed by atoms with van der Waals surface area (Å²) < 4.78 is 13.4. The van der Waals surface area contributed by atoms with Crippen LogP contribution in [0.3, 0.4) is 0 Å². The van der Waals surface area contributed by atoms with E-state index in [-0.39, 0.29) is 6.61 Å². The molecule has 6 heteroatoms. The van der Waals surface area contributed by atoms with Crippen molar-refractivity contribution in [2.24, 2.45) is 4.99 Å². The van der Waals surface area contributed by atoms with Crippen LogP contribution in [-0.4, -0.2) is 24.7 Å². The van der Waals surface area contributed by atoms with Crippen LogP contribution in [0.25, 0.3) is 0 Å². The fourth-order valence-electron chi connectivity index (χ4n) is 2.28. The summed E-state index contributed by atoms with van der Waals surface area (Å²) in [5.41, 5.74) is 2.31. The van der Waals surface area contributed by atoms with Crippen LogP contribution in [0.4, 0.5) is 4.39 Å². The summed E-state index contributed by atoms with van der Waals surface area (Å²) in [5, 5.41) is 16.2. The number of hydrogen-bond acceptors (Lipinski definition) is 2. The highest BCUT2D eigenvalue weighted by Crippen LogP contribution is 2.11. The van der Waals surface area contributed by atoms with Crippen LogP contribution in [0.5, 0.6) is 0 Å². The Morgan fingerprint density at radius 1 is 1.17 bits per heavy atom. The van der Waals surface area contributed by atoms with Gasteiger partial charge >= 0.3 is 0 Å². The largest absolute Gasteiger partial charge is 0.392 e. The number of rotatable bonds is 6. The number of halogens is 2. The van der Waals surface area contributed by atoms with Gasteiger partial charge in [-0.25, -0.2) is 4.39 Å². The Bertz CT molecular complexity index is 706. The summed E-state index contributed by atoms with van der Waals surface area (Å²) >= 11 is 5.97. The topological polar surface area (TPSA) is 56.7 Å². The van der Waals surface area contributed by atoms with Gasteiger partial charge in [0.2, 0.25) is 0 Å². The lowest BCUT2D eigenvalue weighted by molar-refractivity contribution is 0.275. The molecule has 2 aromatic rings. The number of aliphatic hydroxyl groups excluding tert-OH is 1. The van der Waals surface area contributed by atoms with Gasteiger partial charge in [0.05, 0.1) is 6.61 Å². The lowest BCUT2D eigenvalue weighted by atomic mass is 10.1. The standard InChI is InChI=1S/C18H21ClFN3O/c1-21-18(22-8-7-13-3-2-4-16(19)10-13)23-11-14-5-6-17(20)15(9-14)12-24/h2-6,9-10,24H,7-8,11-12H2,1H3,(H2,21,22,23). The van der Waals surface area contributed by atoms with Crippen molar-refractivity contribution in [1.29, 1.82) is 0 Å². The van der Waals surface area contributed by atoms with Crippen molar-refractivity contribution < 1.29 is 9.50 Å². The first-order valence-corrected chi connectivity index (χ1v) is 8.07. The number of nitrogens with one attached hydrogen (secondary N) is 2. The maximum absolute atomic E-state index is 13.4. The molecule has 128 valence electrons. The van der Waals surface area contributed by atoms with Crippen LogP contribution >= 0.6 is 11.6 Å². The van der Waals surface area contributed by atoms with Crippen molar-refractivity contribution in [2.75, 3.05) is 13.6 Å². The molecule has 0 heterocycles. The normalized spacial score (nSPS) is 11.4. The summed E-state index contributed by atoms with van der Waals surface area (Å²) in [6, 6.07) is 12.4. The monoisotopic (exact) mass is 349 g/mol. The Balaban J connectivity index is 1.82. The van der Waals surface area contributed by atoms with Crippen LogP contribution in [0.2, 0.25) is 5.02 Å². The molecule has 0 saturated carbocycles. The van der Waals surface area contributed by atoms with Gasteiger partial charge in [-0.05, 0) is 41.8 Å². The molecule has 0 amide bonds. The molecule has 0 saturated heterocycles. The van der Waals surface area contributed by atoms with Crippen molar-refractivity contribution >= 4 is 17.6 Å². The van der Waals surface area contributed by atoms with Gasteiger partial charge in [-0.1, -0.05) is 29.8 Å². The lowest BCUT2D eigenvalue weighted by Gasteiger charge is -2.12. The zero-order valence-electron chi connectivity index (χ0n) is 13.5. The quantitative estimate of drug-likeness (QED) is 0.555. The highest BCUT2D eigenvalue weighted by atomic mass is 35.5. The van der Waals surface area contributed by atoms with Crippen LogP contribution in [0.15, 0.2) is 47.5 Å². The second-order valence-electron chi connectivity index (χ2n) is 5.32. The van der Waals surface area contributed by atoms with E-state index in [1.807, 2.05) is 24.3 Å². The van der Waals surface area contributed by atoms with Gasteiger partial charge in [0.1, 0.15) is 5.82 Å². The third-order valence-electron chi connectivity index (χ3n) is 3.56. The minimum Gasteiger partial charge on any atom is -0.392 e. The van der Waals surface area contributed by atoms with Gasteiger partial charge in [0.15, 0.2) is 5.96 Å². The fourth-order valence-corrected chi connectivity index (χ4v) is 2.50. The Kier molecular flexibility index (Phi) is 7.03. The number of nitrogens with zero attached hydrogens (tertiary/aromatic N) is 1. The van der Waals surface area contributed by atoms with E-state index in [1.165, 1.54) is 6.07 Å². The first-order chi connectivity index (χ1) is 11.6. The van der Waals surface area contributed by atoms with E-state index in [0.29, 0.717) is 24.6 Å². The van der Waals surface area contributed by atoms with Gasteiger partial charge in [0, 0.05) is 30.7 Å². The first kappa shape index (κ1) is 18.2. The predicted molar refractivity (Wildman–Crippen MR) is 95.7 cm³/mol. The fraction of sp³-hybridized carbons (Fsp3) is 0.278. The SMILES string of the molecule is CN=C(NCCc1cccc(Cl)c1)NCc1ccc(F)c(CO)c1. The number of guanidine groups is 1. The molecule has 0 aliphatic carbocycles. The molecule has 2 aromatic carbocycles. The molecule has 0 radical (unpaired) electrons. The average Bonchev–Trinajstić information content (AvgIpc) is 2.59. The molecule has 4 nitrogen and oxygen atoms in total. The Morgan fingerprint density at radius 2 is 2.00 bits per heavy atom. The van der Waals surface area contributed by atoms with E-state index in [4.69, 9.17) is 16.7 Å². The predicted octanol–water partition coefficient (Wildman–Crippen LogP) is 2.88. The van der Waals surface area contributed by atoms with Crippen molar-refractivity contribution in [3.8, 4) is 0 Å². The van der Waals surface area contributed by atoms with E-state index in [0.717, 1.165) is 22.6 Å². The summed E-state index contributed by atoms with van der Waals surface area (Å²) in [5.74, 6) is 0.261. The average molecular weight is 350 g/mol. The smallest absolute Gasteiger partial charge is 0.191 e. The number of hydrogen-bond donors (Lipinski definition) is 3. The Labute approximate surface area is 146 Å². The summed E-state index contributed by atoms with van der Waals surface area (Å²) in [7, 11) is 1.69. The molecule has 2 rings (SSSR count). The zero-order chi connectivity index (χ0) is 17.4. The highest BCUT2D eigenvalue weighted by Gasteiger charge is 2.04. The molecule has 0 aliphatic rings. The summed E-state index contributed by atoms with van der Waals surface area (Å²) in [6.07, 6.45) is 0.826. The van der Waals surface area contributed by atoms with Gasteiger partial charge in [-0.2, -0.15) is 0 Å². The van der Waals surface area contributed by atoms with E-state index in [2.05, 4.69) is 15.6 Å². The molecular weight excluding hydrogens is 329 g/mol. The third-order valence-corrected chi connectivity index (χ3v) is 3.79. The van der Waals surface area contributed by atoms with Crippen LogP contribution in [0.1, 0.15) is 16.7 Å². The number of aliphatic hydroxyl groups is 1. The van der Waals surface area contributed by atoms with E-state index in [1.54, 1.807) is 19.2 Å². The maximum Gasteiger partial charge on any atom is 0.191 e. The molecule has 0 fully saturated rings. The Hall–Kier alpha value is -2.11. The van der Waals surface area contributed by atoms with Gasteiger partial charge in [-0.15, -0.1) is 0 Å². The van der Waals surface area contributed by atoms with E-state index >= 15 is 0 Å². The summed E-state index contributed by atoms with van der Waals surface area (Å²) in [4.78, 5) is 4.16. The summed E-state index contributed by atoms with van der Waals surface area (Å²) in [6.45, 7) is 0.891. The van der Waals surface area contributed by atoms with Crippen molar-refractivity contribution in [3.05, 3.63) is 70.0 Å². The first-order valence-electron chi connectivity index (χ1n) is 7.69. The second-order valence-corrected chi connectivity index (χ2v) is 5.75. The molecule has 24 heavy (non-hydrogen) atoms. The molecular formula is C18H21ClFN3O. The molecule has 0 spiro atoms. The van der Waals surface area contributed by atoms with Crippen molar-refractivity contribution in [3.63, 3.8) is 0 Å². The van der Waals surface area contributed by atoms with Crippen molar-refractivity contribution in [2.45, 2.75) is 19.6 Å². The molecule has 0 atom stereocenters. The van der Waals surface area contributed by atoms with E-state index in [9.17, 15) is 4.39 Å². The second kappa shape index (κ2) is 9.25. The van der Waals surface area contributed by atoms with Crippen LogP contribution in [0, 0.1) is 5.82 Å². The number of benzene rings is 2. The minimum absolute atomic E-state index is 0.290. The minimum atomic E-state index is -0.398. The Morgan fingerprint density at radius 3 is 2.71 bits per heavy atom. The molecule has 0 unspecified atom stereocenters. The van der Waals surface area contributed by atoms with Gasteiger partial charge in [0.25, 0.3) is 0 Å². The van der Waals surface area contributed by atoms with E-state index < -0.39 is 5.82 Å². The van der Waals surface area contributed by atoms with Crippen LogP contribution < -0.4 is 10.6 Å². The maximum atomic E-state index is 13.4. The highest BCUT2D eigenvalue weighted by molar-refractivity contribution is 6.30. The number of aliphatic imine (C=N–C) groups is 1. The van der Waals surface area contributed by atoms with Gasteiger partial charge in [-0.3, -0.25) is 4.99 Å². The van der Waals surface area contributed by atoms with Gasteiger partial charge < -0.3 is 15.7 Å². The lowest BCUT2D eigenvalue weighted by Crippen LogP contribution is -2.37. The molecule has 0 bridgehead atoms.